The van der Waals surface area contributed by atoms with E-state index in [1.165, 1.54) is 11.1 Å². The van der Waals surface area contributed by atoms with Crippen LogP contribution in [-0.4, -0.2) is 23.1 Å². The summed E-state index contributed by atoms with van der Waals surface area (Å²) < 4.78 is 6.15. The third kappa shape index (κ3) is 4.89. The van der Waals surface area contributed by atoms with E-state index in [0.717, 1.165) is 45.9 Å². The molecule has 0 spiro atoms. The molecule has 0 heterocycles. The summed E-state index contributed by atoms with van der Waals surface area (Å²) in [5.74, 6) is 0.0495. The molecule has 1 N–H and O–H groups in total. The fraction of sp³-hybridized carbons (Fsp3) is 0.348. The van der Waals surface area contributed by atoms with Gasteiger partial charge in [-0.15, -0.1) is 11.6 Å². The lowest BCUT2D eigenvalue weighted by Crippen LogP contribution is -2.05. The Kier molecular flexibility index (Phi) is 6.69. The normalized spacial score (nSPS) is 16.5. The van der Waals surface area contributed by atoms with Gasteiger partial charge in [0.25, 0.3) is 0 Å². The molecule has 1 unspecified atom stereocenters. The molecule has 1 atom stereocenters. The number of carbonyl (C=O) groups is 1. The summed E-state index contributed by atoms with van der Waals surface area (Å²) in [5, 5.41) is 9.71. The predicted molar refractivity (Wildman–Crippen MR) is 115 cm³/mol. The molecule has 1 aliphatic rings. The van der Waals surface area contributed by atoms with Crippen molar-refractivity contribution in [2.45, 2.75) is 44.9 Å². The van der Waals surface area contributed by atoms with Gasteiger partial charge < -0.3 is 9.84 Å². The van der Waals surface area contributed by atoms with Crippen LogP contribution in [0.4, 0.5) is 0 Å². The number of hydrogen-bond donors (Lipinski definition) is 1. The van der Waals surface area contributed by atoms with Crippen LogP contribution in [0, 0.1) is 13.8 Å². The molecule has 148 valence electrons. The molecule has 0 saturated heterocycles. The first-order chi connectivity index (χ1) is 13.3. The van der Waals surface area contributed by atoms with Gasteiger partial charge >= 0.3 is 5.97 Å². The van der Waals surface area contributed by atoms with E-state index in [1.54, 1.807) is 0 Å². The van der Waals surface area contributed by atoms with Gasteiger partial charge in [0, 0.05) is 16.8 Å². The molecular weight excluding hydrogens is 395 g/mol. The Labute approximate surface area is 175 Å². The second-order valence-corrected chi connectivity index (χ2v) is 8.30. The average molecular weight is 419 g/mol. The maximum absolute atomic E-state index is 10.8. The first-order valence-electron chi connectivity index (χ1n) is 9.39. The molecule has 0 radical (unpaired) electrons. The first kappa shape index (κ1) is 20.8. The van der Waals surface area contributed by atoms with E-state index in [9.17, 15) is 4.79 Å². The fourth-order valence-electron chi connectivity index (χ4n) is 3.63. The minimum atomic E-state index is -0.782. The Bertz CT molecular complexity index is 901. The molecule has 0 aromatic heterocycles. The number of ether oxygens (including phenoxy) is 1. The van der Waals surface area contributed by atoms with Crippen LogP contribution in [0.15, 0.2) is 42.0 Å². The largest absolute Gasteiger partial charge is 0.489 e. The molecule has 0 amide bonds. The lowest BCUT2D eigenvalue weighted by molar-refractivity contribution is -0.136. The smallest absolute Gasteiger partial charge is 0.303 e. The fourth-order valence-corrected chi connectivity index (χ4v) is 4.10. The third-order valence-corrected chi connectivity index (χ3v) is 5.93. The molecule has 0 fully saturated rings. The van der Waals surface area contributed by atoms with Crippen molar-refractivity contribution in [1.82, 2.24) is 0 Å². The molecule has 1 aliphatic carbocycles. The van der Waals surface area contributed by atoms with Crippen LogP contribution >= 0.6 is 23.2 Å². The molecule has 3 rings (SSSR count). The molecule has 28 heavy (non-hydrogen) atoms. The van der Waals surface area contributed by atoms with E-state index in [4.69, 9.17) is 33.0 Å². The van der Waals surface area contributed by atoms with Gasteiger partial charge in [-0.2, -0.15) is 0 Å². The number of hydrogen-bond acceptors (Lipinski definition) is 2. The van der Waals surface area contributed by atoms with Crippen LogP contribution in [0.5, 0.6) is 5.75 Å². The summed E-state index contributed by atoms with van der Waals surface area (Å²) >= 11 is 12.4. The van der Waals surface area contributed by atoms with Gasteiger partial charge in [0.15, 0.2) is 0 Å². The highest BCUT2D eigenvalue weighted by atomic mass is 35.5. The van der Waals surface area contributed by atoms with E-state index < -0.39 is 5.97 Å². The number of carboxylic acid groups (broad SMARTS) is 1. The van der Waals surface area contributed by atoms with Gasteiger partial charge in [-0.1, -0.05) is 29.8 Å². The zero-order valence-corrected chi connectivity index (χ0v) is 17.6. The minimum Gasteiger partial charge on any atom is -0.489 e. The standard InChI is InChI=1S/C23H24Cl2O3/c1-14-15(2)22(9-5-16(14)6-10-23(26)27)28-13-18-11-20(25)12-21(18)17-3-7-19(24)8-4-17/h3-5,7-9,20H,6,10-13H2,1-2H3,(H,26,27). The van der Waals surface area contributed by atoms with Crippen molar-refractivity contribution >= 4 is 34.7 Å². The predicted octanol–water partition coefficient (Wildman–Crippen LogP) is 6.21. The van der Waals surface area contributed by atoms with Gasteiger partial charge in [-0.05, 0) is 84.7 Å². The van der Waals surface area contributed by atoms with Gasteiger partial charge in [0.1, 0.15) is 12.4 Å². The van der Waals surface area contributed by atoms with Crippen LogP contribution in [0.2, 0.25) is 5.02 Å². The number of benzene rings is 2. The number of carboxylic acids is 1. The molecule has 2 aromatic carbocycles. The van der Waals surface area contributed by atoms with Crippen LogP contribution in [0.25, 0.3) is 5.57 Å². The van der Waals surface area contributed by atoms with Crippen LogP contribution in [0.1, 0.15) is 41.5 Å². The maximum Gasteiger partial charge on any atom is 0.303 e. The second-order valence-electron chi connectivity index (χ2n) is 7.25. The highest BCUT2D eigenvalue weighted by Gasteiger charge is 2.24. The number of aliphatic carboxylic acids is 1. The summed E-state index contributed by atoms with van der Waals surface area (Å²) in [4.78, 5) is 10.8. The lowest BCUT2D eigenvalue weighted by Gasteiger charge is -2.15. The van der Waals surface area contributed by atoms with E-state index in [1.807, 2.05) is 50.2 Å². The van der Waals surface area contributed by atoms with Crippen molar-refractivity contribution < 1.29 is 14.6 Å². The first-order valence-corrected chi connectivity index (χ1v) is 10.2. The third-order valence-electron chi connectivity index (χ3n) is 5.37. The monoisotopic (exact) mass is 418 g/mol. The van der Waals surface area contributed by atoms with Crippen molar-refractivity contribution in [3.8, 4) is 5.75 Å². The van der Waals surface area contributed by atoms with Crippen molar-refractivity contribution in [2.75, 3.05) is 6.61 Å². The Morgan fingerprint density at radius 1 is 1.11 bits per heavy atom. The topological polar surface area (TPSA) is 46.5 Å². The molecule has 2 aromatic rings. The van der Waals surface area contributed by atoms with Gasteiger partial charge in [-0.25, -0.2) is 0 Å². The van der Waals surface area contributed by atoms with Gasteiger partial charge in [0.2, 0.25) is 0 Å². The number of allylic oxidation sites excluding steroid dienone is 1. The zero-order valence-electron chi connectivity index (χ0n) is 16.1. The SMILES string of the molecule is Cc1c(CCC(=O)O)ccc(OCC2=C(c3ccc(Cl)cc3)CC(Cl)C2)c1C. The molecule has 5 heteroatoms. The average Bonchev–Trinajstić information content (AvgIpc) is 3.03. The summed E-state index contributed by atoms with van der Waals surface area (Å²) in [6, 6.07) is 11.8. The summed E-state index contributed by atoms with van der Waals surface area (Å²) in [6.45, 7) is 4.53. The van der Waals surface area contributed by atoms with Crippen molar-refractivity contribution in [3.63, 3.8) is 0 Å². The highest BCUT2D eigenvalue weighted by Crippen LogP contribution is 2.38. The van der Waals surface area contributed by atoms with Crippen molar-refractivity contribution in [1.29, 1.82) is 0 Å². The Morgan fingerprint density at radius 3 is 2.50 bits per heavy atom. The molecule has 0 saturated carbocycles. The van der Waals surface area contributed by atoms with Crippen molar-refractivity contribution in [3.05, 3.63) is 69.2 Å². The number of alkyl halides is 1. The minimum absolute atomic E-state index is 0.0884. The quantitative estimate of drug-likeness (QED) is 0.543. The maximum atomic E-state index is 10.8. The van der Waals surface area contributed by atoms with E-state index in [2.05, 4.69) is 0 Å². The molecule has 0 aliphatic heterocycles. The Balaban J connectivity index is 1.76. The zero-order chi connectivity index (χ0) is 20.3. The van der Waals surface area contributed by atoms with Crippen LogP contribution in [-0.2, 0) is 11.2 Å². The Hall–Kier alpha value is -1.97. The highest BCUT2D eigenvalue weighted by molar-refractivity contribution is 6.30. The van der Waals surface area contributed by atoms with Crippen LogP contribution in [0.3, 0.4) is 0 Å². The van der Waals surface area contributed by atoms with Crippen molar-refractivity contribution in [2.24, 2.45) is 0 Å². The second kappa shape index (κ2) is 9.02. The molecule has 3 nitrogen and oxygen atoms in total. The number of halogens is 2. The van der Waals surface area contributed by atoms with Gasteiger partial charge in [-0.3, -0.25) is 4.79 Å². The Morgan fingerprint density at radius 2 is 1.82 bits per heavy atom. The summed E-state index contributed by atoms with van der Waals surface area (Å²) in [5.41, 5.74) is 6.79. The van der Waals surface area contributed by atoms with Crippen LogP contribution < -0.4 is 4.74 Å². The summed E-state index contributed by atoms with van der Waals surface area (Å²) in [7, 11) is 0. The van der Waals surface area contributed by atoms with E-state index >= 15 is 0 Å². The number of rotatable bonds is 7. The number of aryl methyl sites for hydroxylation is 1. The molecular formula is C23H24Cl2O3. The van der Waals surface area contributed by atoms with E-state index in [-0.39, 0.29) is 11.8 Å². The summed E-state index contributed by atoms with van der Waals surface area (Å²) in [6.07, 6.45) is 2.30. The van der Waals surface area contributed by atoms with Gasteiger partial charge in [0.05, 0.1) is 0 Å². The molecule has 0 bridgehead atoms. The van der Waals surface area contributed by atoms with E-state index in [0.29, 0.717) is 13.0 Å². The lowest BCUT2D eigenvalue weighted by atomic mass is 9.99.